The monoisotopic (exact) mass is 444 g/mol. The van der Waals surface area contributed by atoms with E-state index in [1.165, 1.54) is 6.07 Å². The Morgan fingerprint density at radius 3 is 2.67 bits per heavy atom. The zero-order valence-corrected chi connectivity index (χ0v) is 17.6. The Balaban J connectivity index is 1.27. The molecule has 1 fully saturated rings. The molecule has 2 amide bonds. The minimum atomic E-state index is -0.526. The molecule has 2 aliphatic heterocycles. The molecule has 0 aliphatic carbocycles. The fraction of sp³-hybridized carbons (Fsp3) is 0.154. The number of fused-ring (bicyclic) bond motifs is 1. The Labute approximate surface area is 190 Å². The molecule has 2 N–H and O–H groups in total. The van der Waals surface area contributed by atoms with Gasteiger partial charge in [-0.25, -0.2) is 4.39 Å². The summed E-state index contributed by atoms with van der Waals surface area (Å²) in [6, 6.07) is 19.2. The van der Waals surface area contributed by atoms with Crippen molar-refractivity contribution in [2.45, 2.75) is 12.5 Å². The number of carbonyl (C=O) groups excluding carboxylic acids is 2. The number of para-hydroxylation sites is 1. The van der Waals surface area contributed by atoms with Gasteiger partial charge in [-0.1, -0.05) is 36.4 Å². The van der Waals surface area contributed by atoms with Gasteiger partial charge in [0.1, 0.15) is 12.4 Å². The van der Waals surface area contributed by atoms with E-state index < -0.39 is 5.82 Å². The van der Waals surface area contributed by atoms with Gasteiger partial charge in [-0.05, 0) is 54.0 Å². The summed E-state index contributed by atoms with van der Waals surface area (Å²) in [6.07, 6.45) is 2.30. The average molecular weight is 444 g/mol. The molecule has 166 valence electrons. The van der Waals surface area contributed by atoms with Crippen LogP contribution in [0.5, 0.6) is 11.5 Å². The number of amides is 2. The van der Waals surface area contributed by atoms with Crippen molar-refractivity contribution in [1.29, 1.82) is 0 Å². The lowest BCUT2D eigenvalue weighted by molar-refractivity contribution is -0.131. The number of ether oxygens (including phenoxy) is 2. The van der Waals surface area contributed by atoms with Crippen molar-refractivity contribution in [1.82, 2.24) is 5.32 Å². The summed E-state index contributed by atoms with van der Waals surface area (Å²) in [7, 11) is 0. The average Bonchev–Trinajstić information content (AvgIpc) is 3.12. The van der Waals surface area contributed by atoms with E-state index in [0.717, 1.165) is 16.8 Å². The predicted octanol–water partition coefficient (Wildman–Crippen LogP) is 4.17. The number of hydrogen-bond donors (Lipinski definition) is 2. The van der Waals surface area contributed by atoms with Gasteiger partial charge < -0.3 is 20.1 Å². The smallest absolute Gasteiger partial charge is 0.256 e. The zero-order chi connectivity index (χ0) is 22.8. The van der Waals surface area contributed by atoms with E-state index in [9.17, 15) is 14.0 Å². The molecule has 1 unspecified atom stereocenters. The molecule has 1 saturated heterocycles. The fourth-order valence-electron chi connectivity index (χ4n) is 3.96. The summed E-state index contributed by atoms with van der Waals surface area (Å²) in [5.41, 5.74) is 3.61. The maximum atomic E-state index is 14.7. The number of benzene rings is 3. The maximum Gasteiger partial charge on any atom is 0.256 e. The first-order valence-corrected chi connectivity index (χ1v) is 10.6. The summed E-state index contributed by atoms with van der Waals surface area (Å²) < 4.78 is 25.7. The summed E-state index contributed by atoms with van der Waals surface area (Å²) in [5, 5.41) is 5.70. The van der Waals surface area contributed by atoms with Gasteiger partial charge in [0.05, 0.1) is 12.6 Å². The first kappa shape index (κ1) is 20.9. The van der Waals surface area contributed by atoms with Crippen LogP contribution < -0.4 is 15.4 Å². The molecule has 5 rings (SSSR count). The van der Waals surface area contributed by atoms with E-state index in [1.807, 2.05) is 36.4 Å². The fourth-order valence-corrected chi connectivity index (χ4v) is 3.96. The van der Waals surface area contributed by atoms with Crippen LogP contribution in [0.15, 0.2) is 66.7 Å². The normalized spacial score (nSPS) is 18.6. The Kier molecular flexibility index (Phi) is 5.62. The lowest BCUT2D eigenvalue weighted by Gasteiger charge is -2.23. The first-order chi connectivity index (χ1) is 16.0. The minimum Gasteiger partial charge on any atom is -0.454 e. The van der Waals surface area contributed by atoms with Gasteiger partial charge in [-0.2, -0.15) is 0 Å². The van der Waals surface area contributed by atoms with Crippen LogP contribution >= 0.6 is 0 Å². The number of rotatable bonds is 5. The van der Waals surface area contributed by atoms with Gasteiger partial charge in [0.2, 0.25) is 5.91 Å². The molecule has 33 heavy (non-hydrogen) atoms. The van der Waals surface area contributed by atoms with Crippen molar-refractivity contribution < 1.29 is 23.5 Å². The Morgan fingerprint density at radius 1 is 1.06 bits per heavy atom. The van der Waals surface area contributed by atoms with E-state index in [0.29, 0.717) is 29.9 Å². The van der Waals surface area contributed by atoms with E-state index in [1.54, 1.807) is 30.3 Å². The number of morpholine rings is 1. The van der Waals surface area contributed by atoms with Crippen LogP contribution in [-0.4, -0.2) is 31.1 Å². The van der Waals surface area contributed by atoms with E-state index in [-0.39, 0.29) is 30.2 Å². The molecule has 0 spiro atoms. The Morgan fingerprint density at radius 2 is 1.88 bits per heavy atom. The molecule has 7 heteroatoms. The van der Waals surface area contributed by atoms with Crippen LogP contribution in [0.4, 0.5) is 10.1 Å². The summed E-state index contributed by atoms with van der Waals surface area (Å²) in [5.74, 6) is -0.261. The molecule has 3 aromatic carbocycles. The molecule has 3 aromatic rings. The Hall–Kier alpha value is -3.97. The molecule has 0 aromatic heterocycles. The molecule has 2 heterocycles. The second-order valence-corrected chi connectivity index (χ2v) is 7.98. The zero-order valence-electron chi connectivity index (χ0n) is 17.6. The quantitative estimate of drug-likeness (QED) is 0.580. The SMILES string of the molecule is O=C1COCC(Cc2ccc(Oc3ccc(/C=C4/C(=O)Nc5ccccc54)cc3F)cc2)N1. The highest BCUT2D eigenvalue weighted by Gasteiger charge is 2.23. The standard InChI is InChI=1S/C26H21FN2O4/c27-22-13-17(12-21-20-3-1-2-4-23(20)29-26(21)31)7-10-24(22)33-19-8-5-16(6-9-19)11-18-14-32-15-25(30)28-18/h1-10,12-13,18H,11,14-15H2,(H,28,30)(H,29,31)/b21-12+. The summed E-state index contributed by atoms with van der Waals surface area (Å²) in [4.78, 5) is 23.7. The molecule has 0 bridgehead atoms. The van der Waals surface area contributed by atoms with Crippen molar-refractivity contribution in [3.63, 3.8) is 0 Å². The summed E-state index contributed by atoms with van der Waals surface area (Å²) in [6.45, 7) is 0.580. The van der Waals surface area contributed by atoms with Crippen molar-refractivity contribution >= 4 is 29.2 Å². The Bertz CT molecular complexity index is 1250. The second kappa shape index (κ2) is 8.88. The lowest BCUT2D eigenvalue weighted by atomic mass is 10.0. The highest BCUT2D eigenvalue weighted by molar-refractivity contribution is 6.34. The number of anilines is 1. The first-order valence-electron chi connectivity index (χ1n) is 10.6. The van der Waals surface area contributed by atoms with Crippen LogP contribution in [0.3, 0.4) is 0 Å². The van der Waals surface area contributed by atoms with Gasteiger partial charge >= 0.3 is 0 Å². The van der Waals surface area contributed by atoms with Crippen molar-refractivity contribution in [3.8, 4) is 11.5 Å². The van der Waals surface area contributed by atoms with Crippen LogP contribution in [0.1, 0.15) is 16.7 Å². The van der Waals surface area contributed by atoms with Crippen LogP contribution in [0, 0.1) is 5.82 Å². The largest absolute Gasteiger partial charge is 0.454 e. The summed E-state index contributed by atoms with van der Waals surface area (Å²) >= 11 is 0. The molecule has 2 aliphatic rings. The highest BCUT2D eigenvalue weighted by atomic mass is 19.1. The topological polar surface area (TPSA) is 76.7 Å². The van der Waals surface area contributed by atoms with E-state index in [2.05, 4.69) is 10.6 Å². The third kappa shape index (κ3) is 4.63. The van der Waals surface area contributed by atoms with Gasteiger partial charge in [0.15, 0.2) is 11.6 Å². The van der Waals surface area contributed by atoms with Crippen molar-refractivity contribution in [2.75, 3.05) is 18.5 Å². The van der Waals surface area contributed by atoms with Crippen LogP contribution in [0.2, 0.25) is 0 Å². The van der Waals surface area contributed by atoms with Crippen molar-refractivity contribution in [3.05, 3.63) is 89.2 Å². The van der Waals surface area contributed by atoms with Crippen LogP contribution in [0.25, 0.3) is 11.6 Å². The molecular formula is C26H21FN2O4. The minimum absolute atomic E-state index is 0.0639. The molecular weight excluding hydrogens is 423 g/mol. The third-order valence-electron chi connectivity index (χ3n) is 5.53. The van der Waals surface area contributed by atoms with E-state index in [4.69, 9.17) is 9.47 Å². The second-order valence-electron chi connectivity index (χ2n) is 7.98. The maximum absolute atomic E-state index is 14.7. The van der Waals surface area contributed by atoms with Gasteiger partial charge in [0, 0.05) is 16.8 Å². The number of hydrogen-bond acceptors (Lipinski definition) is 4. The predicted molar refractivity (Wildman–Crippen MR) is 122 cm³/mol. The third-order valence-corrected chi connectivity index (χ3v) is 5.53. The number of nitrogens with one attached hydrogen (secondary N) is 2. The van der Waals surface area contributed by atoms with Gasteiger partial charge in [-0.15, -0.1) is 0 Å². The van der Waals surface area contributed by atoms with Gasteiger partial charge in [0.25, 0.3) is 5.91 Å². The number of carbonyl (C=O) groups is 2. The van der Waals surface area contributed by atoms with Gasteiger partial charge in [-0.3, -0.25) is 9.59 Å². The van der Waals surface area contributed by atoms with Crippen LogP contribution in [-0.2, 0) is 20.7 Å². The number of halogens is 1. The molecule has 0 saturated carbocycles. The van der Waals surface area contributed by atoms with Crippen molar-refractivity contribution in [2.24, 2.45) is 0 Å². The highest BCUT2D eigenvalue weighted by Crippen LogP contribution is 2.33. The molecule has 6 nitrogen and oxygen atoms in total. The molecule has 1 atom stereocenters. The van der Waals surface area contributed by atoms with E-state index >= 15 is 0 Å². The molecule has 0 radical (unpaired) electrons. The lowest BCUT2D eigenvalue weighted by Crippen LogP contribution is -2.46.